The molecular formula is C22H29N7O4S2. The lowest BCUT2D eigenvalue weighted by Gasteiger charge is -2.33. The first-order valence-corrected chi connectivity index (χ1v) is 13.7. The van der Waals surface area contributed by atoms with E-state index in [1.807, 2.05) is 11.8 Å². The number of nitrogens with zero attached hydrogens (tertiary/aromatic N) is 7. The minimum Gasteiger partial charge on any atom is -0.344 e. The number of sulfonamides is 1. The predicted molar refractivity (Wildman–Crippen MR) is 134 cm³/mol. The van der Waals surface area contributed by atoms with E-state index in [-0.39, 0.29) is 35.8 Å². The van der Waals surface area contributed by atoms with Crippen LogP contribution >= 0.6 is 11.3 Å². The molecule has 0 aromatic carbocycles. The Kier molecular flexibility index (Phi) is 7.47. The quantitative estimate of drug-likeness (QED) is 0.437. The molecule has 3 aromatic rings. The topological polar surface area (TPSA) is 122 Å². The van der Waals surface area contributed by atoms with Gasteiger partial charge in [0.25, 0.3) is 5.56 Å². The Morgan fingerprint density at radius 2 is 1.83 bits per heavy atom. The number of hydrogen-bond donors (Lipinski definition) is 0. The van der Waals surface area contributed by atoms with Crippen molar-refractivity contribution in [1.29, 1.82) is 0 Å². The molecular weight excluding hydrogens is 490 g/mol. The van der Waals surface area contributed by atoms with Crippen LogP contribution in [0.25, 0.3) is 10.2 Å². The molecule has 1 saturated heterocycles. The predicted octanol–water partition coefficient (Wildman–Crippen LogP) is 1.33. The lowest BCUT2D eigenvalue weighted by Crippen LogP contribution is -2.49. The second kappa shape index (κ2) is 10.4. The van der Waals surface area contributed by atoms with Crippen LogP contribution in [0.15, 0.2) is 34.5 Å². The summed E-state index contributed by atoms with van der Waals surface area (Å²) in [5.41, 5.74) is -0.522. The molecule has 4 rings (SSSR count). The third kappa shape index (κ3) is 5.07. The second-order valence-electron chi connectivity index (χ2n) is 8.45. The number of unbranched alkanes of at least 4 members (excludes halogenated alkanes) is 1. The van der Waals surface area contributed by atoms with Crippen molar-refractivity contribution in [3.63, 3.8) is 0 Å². The van der Waals surface area contributed by atoms with E-state index in [1.165, 1.54) is 26.5 Å². The number of hydrogen-bond acceptors (Lipinski definition) is 9. The van der Waals surface area contributed by atoms with Gasteiger partial charge in [0.2, 0.25) is 21.9 Å². The lowest BCUT2D eigenvalue weighted by molar-refractivity contribution is -0.130. The average Bonchev–Trinajstić information content (AvgIpc) is 3.22. The van der Waals surface area contributed by atoms with Crippen LogP contribution in [0.2, 0.25) is 0 Å². The molecule has 0 saturated carbocycles. The lowest BCUT2D eigenvalue weighted by atomic mass is 10.3. The van der Waals surface area contributed by atoms with Gasteiger partial charge in [0.05, 0.1) is 11.7 Å². The molecule has 0 bridgehead atoms. The number of carbonyl (C=O) groups is 1. The molecule has 13 heteroatoms. The largest absolute Gasteiger partial charge is 0.344 e. The number of aromatic nitrogens is 4. The molecule has 0 N–H and O–H groups in total. The van der Waals surface area contributed by atoms with Crippen LogP contribution in [0.5, 0.6) is 0 Å². The number of thiophene rings is 1. The Morgan fingerprint density at radius 1 is 1.14 bits per heavy atom. The van der Waals surface area contributed by atoms with E-state index in [2.05, 4.69) is 15.0 Å². The van der Waals surface area contributed by atoms with E-state index in [4.69, 9.17) is 0 Å². The van der Waals surface area contributed by atoms with Gasteiger partial charge in [0.1, 0.15) is 16.3 Å². The molecule has 1 aliphatic heterocycles. The van der Waals surface area contributed by atoms with Crippen LogP contribution in [-0.4, -0.2) is 82.8 Å². The van der Waals surface area contributed by atoms with E-state index in [0.29, 0.717) is 35.3 Å². The number of rotatable bonds is 8. The van der Waals surface area contributed by atoms with Crippen molar-refractivity contribution in [3.05, 3.63) is 40.0 Å². The minimum absolute atomic E-state index is 0.0134. The van der Waals surface area contributed by atoms with Gasteiger partial charge in [-0.25, -0.2) is 23.4 Å². The molecule has 0 unspecified atom stereocenters. The first kappa shape index (κ1) is 25.2. The van der Waals surface area contributed by atoms with Gasteiger partial charge in [-0.3, -0.25) is 14.2 Å². The van der Waals surface area contributed by atoms with Crippen molar-refractivity contribution in [3.8, 4) is 0 Å². The Labute approximate surface area is 208 Å². The zero-order valence-corrected chi connectivity index (χ0v) is 21.7. The van der Waals surface area contributed by atoms with Crippen molar-refractivity contribution < 1.29 is 13.2 Å². The van der Waals surface area contributed by atoms with Crippen molar-refractivity contribution in [2.45, 2.75) is 38.1 Å². The molecule has 11 nitrogen and oxygen atoms in total. The van der Waals surface area contributed by atoms with Gasteiger partial charge >= 0.3 is 0 Å². The highest BCUT2D eigenvalue weighted by molar-refractivity contribution is 7.89. The molecule has 1 aliphatic rings. The average molecular weight is 520 g/mol. The number of likely N-dealkylation sites (N-methyl/N-ethyl adjacent to an activating group) is 1. The third-order valence-electron chi connectivity index (χ3n) is 6.05. The Balaban J connectivity index is 1.61. The van der Waals surface area contributed by atoms with Gasteiger partial charge in [-0.15, -0.1) is 11.3 Å². The van der Waals surface area contributed by atoms with Gasteiger partial charge in [-0.1, -0.05) is 13.3 Å². The Morgan fingerprint density at radius 3 is 2.49 bits per heavy atom. The summed E-state index contributed by atoms with van der Waals surface area (Å²) in [5.74, 6) is 0.333. The summed E-state index contributed by atoms with van der Waals surface area (Å²) in [4.78, 5) is 43.1. The van der Waals surface area contributed by atoms with E-state index in [1.54, 1.807) is 37.3 Å². The summed E-state index contributed by atoms with van der Waals surface area (Å²) in [6.07, 6.45) is 6.44. The summed E-state index contributed by atoms with van der Waals surface area (Å²) >= 11 is 1.17. The van der Waals surface area contributed by atoms with E-state index in [9.17, 15) is 18.0 Å². The number of carbonyl (C=O) groups excluding carboxylic acids is 1. The van der Waals surface area contributed by atoms with Crippen LogP contribution in [0.3, 0.4) is 0 Å². The number of anilines is 1. The second-order valence-corrected chi connectivity index (χ2v) is 11.5. The molecule has 35 heavy (non-hydrogen) atoms. The monoisotopic (exact) mass is 519 g/mol. The highest BCUT2D eigenvalue weighted by atomic mass is 32.2. The summed E-state index contributed by atoms with van der Waals surface area (Å²) in [5, 5.41) is 0.0489. The first-order chi connectivity index (χ1) is 16.7. The van der Waals surface area contributed by atoms with Gasteiger partial charge in [0, 0.05) is 57.0 Å². The highest BCUT2D eigenvalue weighted by Crippen LogP contribution is 2.33. The van der Waals surface area contributed by atoms with Gasteiger partial charge in [-0.05, 0) is 19.4 Å². The van der Waals surface area contributed by atoms with E-state index >= 15 is 0 Å². The summed E-state index contributed by atoms with van der Waals surface area (Å²) in [6.45, 7) is 5.48. The van der Waals surface area contributed by atoms with Crippen LogP contribution in [0.4, 0.5) is 5.95 Å². The standard InChI is InChI=1S/C22H29N7O4S2/c1-4-5-9-26(3)17(30)14-28-15-25-20-18(21(28)31)19(16(2)34-20)35(32,33)29-12-10-27(11-13-29)22-23-7-6-8-24-22/h6-8,15H,4-5,9-14H2,1-3H3. The summed E-state index contributed by atoms with van der Waals surface area (Å²) in [7, 11) is -2.26. The molecule has 3 aromatic heterocycles. The molecule has 0 radical (unpaired) electrons. The summed E-state index contributed by atoms with van der Waals surface area (Å²) < 4.78 is 29.9. The third-order valence-corrected chi connectivity index (χ3v) is 9.26. The zero-order valence-electron chi connectivity index (χ0n) is 20.0. The number of piperazine rings is 1. The molecule has 1 fully saturated rings. The first-order valence-electron chi connectivity index (χ1n) is 11.5. The normalized spacial score (nSPS) is 15.0. The highest BCUT2D eigenvalue weighted by Gasteiger charge is 2.34. The fourth-order valence-corrected chi connectivity index (χ4v) is 7.12. The van der Waals surface area contributed by atoms with Crippen LogP contribution in [0.1, 0.15) is 24.6 Å². The maximum Gasteiger partial charge on any atom is 0.263 e. The van der Waals surface area contributed by atoms with Crippen molar-refractivity contribution >= 4 is 43.4 Å². The molecule has 0 aliphatic carbocycles. The van der Waals surface area contributed by atoms with Gasteiger partial charge < -0.3 is 9.80 Å². The molecule has 0 atom stereocenters. The fraction of sp³-hybridized carbons (Fsp3) is 0.500. The van der Waals surface area contributed by atoms with Crippen LogP contribution < -0.4 is 10.5 Å². The Hall–Kier alpha value is -2.90. The smallest absolute Gasteiger partial charge is 0.263 e. The molecule has 1 amide bonds. The van der Waals surface area contributed by atoms with Crippen molar-refractivity contribution in [1.82, 2.24) is 28.7 Å². The Bertz CT molecular complexity index is 1360. The van der Waals surface area contributed by atoms with Crippen LogP contribution in [0, 0.1) is 6.92 Å². The van der Waals surface area contributed by atoms with Crippen molar-refractivity contribution in [2.24, 2.45) is 0 Å². The zero-order chi connectivity index (χ0) is 25.2. The number of aryl methyl sites for hydroxylation is 1. The van der Waals surface area contributed by atoms with E-state index < -0.39 is 15.6 Å². The fourth-order valence-electron chi connectivity index (χ4n) is 4.03. The van der Waals surface area contributed by atoms with Crippen LogP contribution in [-0.2, 0) is 21.4 Å². The summed E-state index contributed by atoms with van der Waals surface area (Å²) in [6, 6.07) is 1.73. The van der Waals surface area contributed by atoms with Gasteiger partial charge in [-0.2, -0.15) is 4.31 Å². The SMILES string of the molecule is CCCCN(C)C(=O)Cn1cnc2sc(C)c(S(=O)(=O)N3CCN(c4ncccn4)CC3)c2c1=O. The maximum absolute atomic E-state index is 13.7. The number of amides is 1. The van der Waals surface area contributed by atoms with Gasteiger partial charge in [0.15, 0.2) is 0 Å². The van der Waals surface area contributed by atoms with E-state index in [0.717, 1.165) is 12.8 Å². The molecule has 188 valence electrons. The molecule has 0 spiro atoms. The molecule has 4 heterocycles. The number of fused-ring (bicyclic) bond motifs is 1. The maximum atomic E-state index is 13.7. The minimum atomic E-state index is -3.95. The van der Waals surface area contributed by atoms with Crippen molar-refractivity contribution in [2.75, 3.05) is 44.7 Å².